The third kappa shape index (κ3) is 5.59. The second-order valence-electron chi connectivity index (χ2n) is 4.80. The lowest BCUT2D eigenvalue weighted by Gasteiger charge is -2.18. The molecule has 19 heavy (non-hydrogen) atoms. The first kappa shape index (κ1) is 16.0. The first-order chi connectivity index (χ1) is 9.06. The summed E-state index contributed by atoms with van der Waals surface area (Å²) in [4.78, 5) is 22.0. The molecule has 0 aromatic heterocycles. The summed E-state index contributed by atoms with van der Waals surface area (Å²) in [6.07, 6.45) is 3.46. The van der Waals surface area contributed by atoms with E-state index < -0.39 is 0 Å². The summed E-state index contributed by atoms with van der Waals surface area (Å²) in [6, 6.07) is 0. The average Bonchev–Trinajstić information content (AvgIpc) is 2.76. The van der Waals surface area contributed by atoms with Crippen LogP contribution in [-0.2, 0) is 23.8 Å². The van der Waals surface area contributed by atoms with Crippen molar-refractivity contribution in [2.75, 3.05) is 6.61 Å². The smallest absolute Gasteiger partial charge is 0.305 e. The minimum Gasteiger partial charge on any atom is -0.466 e. The molecule has 110 valence electrons. The summed E-state index contributed by atoms with van der Waals surface area (Å²) in [6.45, 7) is 5.63. The van der Waals surface area contributed by atoms with Gasteiger partial charge in [0.1, 0.15) is 6.10 Å². The maximum atomic E-state index is 11.4. The maximum absolute atomic E-state index is 11.4. The molecular formula is C14H24O5. The molecule has 3 atom stereocenters. The summed E-state index contributed by atoms with van der Waals surface area (Å²) < 4.78 is 16.2. The van der Waals surface area contributed by atoms with Crippen LogP contribution < -0.4 is 0 Å². The van der Waals surface area contributed by atoms with Crippen molar-refractivity contribution in [1.29, 1.82) is 0 Å². The van der Waals surface area contributed by atoms with Crippen molar-refractivity contribution < 1.29 is 23.8 Å². The van der Waals surface area contributed by atoms with Gasteiger partial charge in [-0.15, -0.1) is 0 Å². The van der Waals surface area contributed by atoms with Gasteiger partial charge in [-0.25, -0.2) is 0 Å². The molecule has 1 rings (SSSR count). The largest absolute Gasteiger partial charge is 0.466 e. The van der Waals surface area contributed by atoms with Crippen LogP contribution in [-0.4, -0.2) is 36.9 Å². The summed E-state index contributed by atoms with van der Waals surface area (Å²) in [5, 5.41) is 0. The maximum Gasteiger partial charge on any atom is 0.305 e. The zero-order valence-corrected chi connectivity index (χ0v) is 12.0. The number of rotatable bonds is 7. The third-order valence-electron chi connectivity index (χ3n) is 3.24. The number of hydrogen-bond donors (Lipinski definition) is 0. The number of carbonyl (C=O) groups is 2. The zero-order chi connectivity index (χ0) is 14.3. The Kier molecular flexibility index (Phi) is 6.84. The van der Waals surface area contributed by atoms with Crippen LogP contribution in [0.3, 0.4) is 0 Å². The molecule has 0 N–H and O–H groups in total. The Morgan fingerprint density at radius 3 is 2.63 bits per heavy atom. The predicted molar refractivity (Wildman–Crippen MR) is 69.6 cm³/mol. The molecule has 1 saturated heterocycles. The Hall–Kier alpha value is -1.10. The van der Waals surface area contributed by atoms with Crippen LogP contribution in [0.5, 0.6) is 0 Å². The second kappa shape index (κ2) is 8.15. The third-order valence-corrected chi connectivity index (χ3v) is 3.24. The molecule has 5 nitrogen and oxygen atoms in total. The van der Waals surface area contributed by atoms with E-state index in [4.69, 9.17) is 14.2 Å². The quantitative estimate of drug-likeness (QED) is 0.525. The van der Waals surface area contributed by atoms with E-state index in [2.05, 4.69) is 6.92 Å². The molecule has 1 aliphatic rings. The molecule has 1 fully saturated rings. The fraction of sp³-hybridized carbons (Fsp3) is 0.857. The van der Waals surface area contributed by atoms with Crippen molar-refractivity contribution in [1.82, 2.24) is 0 Å². The molecule has 5 heteroatoms. The van der Waals surface area contributed by atoms with Crippen LogP contribution in [0.4, 0.5) is 0 Å². The lowest BCUT2D eigenvalue weighted by Crippen LogP contribution is -2.27. The summed E-state index contributed by atoms with van der Waals surface area (Å²) in [7, 11) is 0. The van der Waals surface area contributed by atoms with E-state index in [1.54, 1.807) is 6.92 Å². The van der Waals surface area contributed by atoms with Gasteiger partial charge in [0.05, 0.1) is 18.8 Å². The fourth-order valence-electron chi connectivity index (χ4n) is 2.19. The van der Waals surface area contributed by atoms with Crippen LogP contribution in [0.25, 0.3) is 0 Å². The molecule has 1 aliphatic heterocycles. The van der Waals surface area contributed by atoms with Crippen LogP contribution in [0.2, 0.25) is 0 Å². The van der Waals surface area contributed by atoms with Crippen LogP contribution in [0.1, 0.15) is 52.9 Å². The van der Waals surface area contributed by atoms with Gasteiger partial charge in [-0.2, -0.15) is 0 Å². The first-order valence-electron chi connectivity index (χ1n) is 7.05. The van der Waals surface area contributed by atoms with Crippen molar-refractivity contribution in [2.24, 2.45) is 0 Å². The predicted octanol–water partition coefficient (Wildman–Crippen LogP) is 2.22. The Morgan fingerprint density at radius 1 is 1.32 bits per heavy atom. The second-order valence-corrected chi connectivity index (χ2v) is 4.80. The lowest BCUT2D eigenvalue weighted by molar-refractivity contribution is -0.151. The number of hydrogen-bond acceptors (Lipinski definition) is 5. The van der Waals surface area contributed by atoms with Gasteiger partial charge in [0, 0.05) is 19.8 Å². The van der Waals surface area contributed by atoms with Crippen LogP contribution in [0, 0.1) is 0 Å². The number of esters is 2. The highest BCUT2D eigenvalue weighted by Gasteiger charge is 2.36. The van der Waals surface area contributed by atoms with E-state index in [9.17, 15) is 9.59 Å². The minimum atomic E-state index is -0.271. The Bertz CT molecular complexity index is 302. The van der Waals surface area contributed by atoms with Crippen molar-refractivity contribution >= 4 is 11.9 Å². The molecule has 0 bridgehead atoms. The molecule has 0 aromatic rings. The summed E-state index contributed by atoms with van der Waals surface area (Å²) in [5.41, 5.74) is 0. The van der Waals surface area contributed by atoms with Crippen molar-refractivity contribution in [3.63, 3.8) is 0 Å². The highest BCUT2D eigenvalue weighted by Crippen LogP contribution is 2.28. The van der Waals surface area contributed by atoms with Crippen molar-refractivity contribution in [2.45, 2.75) is 71.2 Å². The fourth-order valence-corrected chi connectivity index (χ4v) is 2.19. The molecule has 0 amide bonds. The van der Waals surface area contributed by atoms with Gasteiger partial charge >= 0.3 is 11.9 Å². The molecule has 0 unspecified atom stereocenters. The molecule has 0 aliphatic carbocycles. The summed E-state index contributed by atoms with van der Waals surface area (Å²) >= 11 is 0. The molecule has 0 aromatic carbocycles. The van der Waals surface area contributed by atoms with Gasteiger partial charge in [-0.3, -0.25) is 9.59 Å². The van der Waals surface area contributed by atoms with Gasteiger partial charge in [0.2, 0.25) is 0 Å². The van der Waals surface area contributed by atoms with E-state index in [1.807, 2.05) is 0 Å². The molecular weight excluding hydrogens is 248 g/mol. The first-order valence-corrected chi connectivity index (χ1v) is 7.05. The highest BCUT2D eigenvalue weighted by atomic mass is 16.6. The monoisotopic (exact) mass is 272 g/mol. The molecule has 0 spiro atoms. The normalized spacial score (nSPS) is 26.2. The standard InChI is InChI=1S/C14H24O5/c1-4-11-9-13(19-14(16)5-2)12(18-11)7-6-8-17-10(3)15/h11-13H,4-9H2,1-3H3/t11-,12+,13+/m1/s1. The van der Waals surface area contributed by atoms with E-state index in [-0.39, 0.29) is 30.3 Å². The molecule has 0 saturated carbocycles. The SMILES string of the molecule is CCC(=O)O[C@H]1C[C@@H](CC)O[C@H]1CCCOC(C)=O. The van der Waals surface area contributed by atoms with E-state index >= 15 is 0 Å². The zero-order valence-electron chi connectivity index (χ0n) is 12.0. The van der Waals surface area contributed by atoms with Crippen molar-refractivity contribution in [3.05, 3.63) is 0 Å². The van der Waals surface area contributed by atoms with Gasteiger partial charge in [0.15, 0.2) is 0 Å². The number of ether oxygens (including phenoxy) is 3. The molecule has 0 radical (unpaired) electrons. The molecule has 1 heterocycles. The summed E-state index contributed by atoms with van der Waals surface area (Å²) in [5.74, 6) is -0.455. The van der Waals surface area contributed by atoms with Gasteiger partial charge in [-0.1, -0.05) is 13.8 Å². The Balaban J connectivity index is 2.38. The Morgan fingerprint density at radius 2 is 2.05 bits per heavy atom. The average molecular weight is 272 g/mol. The van der Waals surface area contributed by atoms with Crippen LogP contribution >= 0.6 is 0 Å². The van der Waals surface area contributed by atoms with Gasteiger partial charge < -0.3 is 14.2 Å². The van der Waals surface area contributed by atoms with Gasteiger partial charge in [-0.05, 0) is 19.3 Å². The Labute approximate surface area is 114 Å². The minimum absolute atomic E-state index is 0.0731. The van der Waals surface area contributed by atoms with Crippen LogP contribution in [0.15, 0.2) is 0 Å². The number of carbonyl (C=O) groups excluding carboxylic acids is 2. The topological polar surface area (TPSA) is 61.8 Å². The van der Waals surface area contributed by atoms with E-state index in [1.165, 1.54) is 6.92 Å². The lowest BCUT2D eigenvalue weighted by atomic mass is 10.1. The van der Waals surface area contributed by atoms with E-state index in [0.29, 0.717) is 13.0 Å². The highest BCUT2D eigenvalue weighted by molar-refractivity contribution is 5.69. The van der Waals surface area contributed by atoms with Crippen molar-refractivity contribution in [3.8, 4) is 0 Å². The van der Waals surface area contributed by atoms with E-state index in [0.717, 1.165) is 25.7 Å². The van der Waals surface area contributed by atoms with Gasteiger partial charge in [0.25, 0.3) is 0 Å².